The van der Waals surface area contributed by atoms with Crippen molar-refractivity contribution in [3.8, 4) is 0 Å². The highest BCUT2D eigenvalue weighted by atomic mass is 16.5. The SMILES string of the molecule is O=C(CC[C@@H]1CCCO1)N1CCCN(c2cccnn2)CC1. The van der Waals surface area contributed by atoms with E-state index in [1.807, 2.05) is 17.0 Å². The monoisotopic (exact) mass is 304 g/mol. The van der Waals surface area contributed by atoms with Crippen LogP contribution in [0.5, 0.6) is 0 Å². The van der Waals surface area contributed by atoms with E-state index in [1.54, 1.807) is 6.20 Å². The zero-order valence-corrected chi connectivity index (χ0v) is 13.0. The standard InChI is InChI=1S/C16H24N4O2/c21-16(7-6-14-4-2-13-22-14)20-10-3-9-19(11-12-20)15-5-1-8-17-18-15/h1,5,8,14H,2-4,6-7,9-13H2/t14-/m0/s1. The van der Waals surface area contributed by atoms with Crippen LogP contribution in [-0.4, -0.2) is 59.9 Å². The molecule has 6 heteroatoms. The van der Waals surface area contributed by atoms with Gasteiger partial charge in [0.1, 0.15) is 0 Å². The molecule has 0 aliphatic carbocycles. The molecule has 3 heterocycles. The molecule has 2 saturated heterocycles. The van der Waals surface area contributed by atoms with E-state index in [0.29, 0.717) is 12.5 Å². The van der Waals surface area contributed by atoms with Crippen LogP contribution in [-0.2, 0) is 9.53 Å². The average molecular weight is 304 g/mol. The van der Waals surface area contributed by atoms with E-state index in [9.17, 15) is 4.79 Å². The van der Waals surface area contributed by atoms with Gasteiger partial charge >= 0.3 is 0 Å². The lowest BCUT2D eigenvalue weighted by Gasteiger charge is -2.22. The zero-order valence-electron chi connectivity index (χ0n) is 13.0. The quantitative estimate of drug-likeness (QED) is 0.843. The number of hydrogen-bond donors (Lipinski definition) is 0. The van der Waals surface area contributed by atoms with Crippen LogP contribution in [0, 0.1) is 0 Å². The van der Waals surface area contributed by atoms with Gasteiger partial charge in [-0.1, -0.05) is 0 Å². The molecule has 0 bridgehead atoms. The molecule has 3 rings (SSSR count). The predicted molar refractivity (Wildman–Crippen MR) is 83.7 cm³/mol. The topological polar surface area (TPSA) is 58.6 Å². The van der Waals surface area contributed by atoms with Gasteiger partial charge < -0.3 is 14.5 Å². The van der Waals surface area contributed by atoms with Crippen molar-refractivity contribution in [1.82, 2.24) is 15.1 Å². The molecule has 0 spiro atoms. The number of amides is 1. The van der Waals surface area contributed by atoms with E-state index in [0.717, 1.165) is 64.3 Å². The van der Waals surface area contributed by atoms with Gasteiger partial charge in [0.15, 0.2) is 5.82 Å². The van der Waals surface area contributed by atoms with Gasteiger partial charge in [0.25, 0.3) is 0 Å². The van der Waals surface area contributed by atoms with Crippen LogP contribution in [0.4, 0.5) is 5.82 Å². The number of hydrogen-bond acceptors (Lipinski definition) is 5. The van der Waals surface area contributed by atoms with E-state index >= 15 is 0 Å². The van der Waals surface area contributed by atoms with Crippen LogP contribution in [0.3, 0.4) is 0 Å². The normalized spacial score (nSPS) is 22.6. The fourth-order valence-electron chi connectivity index (χ4n) is 3.17. The molecule has 1 aromatic rings. The molecule has 1 atom stereocenters. The summed E-state index contributed by atoms with van der Waals surface area (Å²) in [6, 6.07) is 3.87. The maximum absolute atomic E-state index is 12.4. The van der Waals surface area contributed by atoms with Crippen LogP contribution < -0.4 is 4.90 Å². The van der Waals surface area contributed by atoms with Crippen LogP contribution in [0.15, 0.2) is 18.3 Å². The van der Waals surface area contributed by atoms with Crippen LogP contribution in [0.25, 0.3) is 0 Å². The lowest BCUT2D eigenvalue weighted by Crippen LogP contribution is -2.35. The Morgan fingerprint density at radius 2 is 2.23 bits per heavy atom. The fraction of sp³-hybridized carbons (Fsp3) is 0.688. The maximum Gasteiger partial charge on any atom is 0.222 e. The van der Waals surface area contributed by atoms with Gasteiger partial charge in [0.2, 0.25) is 5.91 Å². The summed E-state index contributed by atoms with van der Waals surface area (Å²) in [5, 5.41) is 8.09. The number of carbonyl (C=O) groups is 1. The summed E-state index contributed by atoms with van der Waals surface area (Å²) >= 11 is 0. The highest BCUT2D eigenvalue weighted by Crippen LogP contribution is 2.18. The van der Waals surface area contributed by atoms with E-state index < -0.39 is 0 Å². The minimum absolute atomic E-state index is 0.261. The number of anilines is 1. The number of rotatable bonds is 4. The summed E-state index contributed by atoms with van der Waals surface area (Å²) in [7, 11) is 0. The lowest BCUT2D eigenvalue weighted by atomic mass is 10.1. The molecule has 2 fully saturated rings. The lowest BCUT2D eigenvalue weighted by molar-refractivity contribution is -0.131. The molecule has 1 aromatic heterocycles. The number of ether oxygens (including phenoxy) is 1. The fourth-order valence-corrected chi connectivity index (χ4v) is 3.17. The van der Waals surface area contributed by atoms with Crippen molar-refractivity contribution in [2.45, 2.75) is 38.2 Å². The molecule has 0 aromatic carbocycles. The van der Waals surface area contributed by atoms with Crippen molar-refractivity contribution >= 4 is 11.7 Å². The third-order valence-corrected chi connectivity index (χ3v) is 4.43. The molecule has 22 heavy (non-hydrogen) atoms. The van der Waals surface area contributed by atoms with Gasteiger partial charge in [0.05, 0.1) is 6.10 Å². The molecule has 2 aliphatic heterocycles. The molecular weight excluding hydrogens is 280 g/mol. The first kappa shape index (κ1) is 15.2. The van der Waals surface area contributed by atoms with Crippen LogP contribution >= 0.6 is 0 Å². The minimum Gasteiger partial charge on any atom is -0.378 e. The summed E-state index contributed by atoms with van der Waals surface area (Å²) in [4.78, 5) is 16.6. The minimum atomic E-state index is 0.261. The van der Waals surface area contributed by atoms with Crippen molar-refractivity contribution in [3.05, 3.63) is 18.3 Å². The van der Waals surface area contributed by atoms with Crippen molar-refractivity contribution < 1.29 is 9.53 Å². The molecule has 120 valence electrons. The zero-order chi connectivity index (χ0) is 15.2. The largest absolute Gasteiger partial charge is 0.378 e. The third-order valence-electron chi connectivity index (χ3n) is 4.43. The average Bonchev–Trinajstić information content (AvgIpc) is 2.96. The van der Waals surface area contributed by atoms with Gasteiger partial charge in [0, 0.05) is 45.4 Å². The van der Waals surface area contributed by atoms with Gasteiger partial charge in [-0.3, -0.25) is 4.79 Å². The maximum atomic E-state index is 12.4. The molecule has 0 radical (unpaired) electrons. The van der Waals surface area contributed by atoms with E-state index in [4.69, 9.17) is 4.74 Å². The van der Waals surface area contributed by atoms with Crippen molar-refractivity contribution in [2.24, 2.45) is 0 Å². The predicted octanol–water partition coefficient (Wildman–Crippen LogP) is 1.47. The first-order valence-electron chi connectivity index (χ1n) is 8.25. The third kappa shape index (κ3) is 3.94. The Morgan fingerprint density at radius 3 is 3.00 bits per heavy atom. The molecule has 0 unspecified atom stereocenters. The highest BCUT2D eigenvalue weighted by Gasteiger charge is 2.22. The summed E-state index contributed by atoms with van der Waals surface area (Å²) in [5.41, 5.74) is 0. The Kier molecular flexibility index (Phi) is 5.21. The first-order chi connectivity index (χ1) is 10.8. The van der Waals surface area contributed by atoms with E-state index in [-0.39, 0.29) is 5.91 Å². The highest BCUT2D eigenvalue weighted by molar-refractivity contribution is 5.76. The first-order valence-corrected chi connectivity index (χ1v) is 8.25. The van der Waals surface area contributed by atoms with Crippen molar-refractivity contribution in [1.29, 1.82) is 0 Å². The Hall–Kier alpha value is -1.69. The Balaban J connectivity index is 1.48. The number of nitrogens with zero attached hydrogens (tertiary/aromatic N) is 4. The Labute approximate surface area is 131 Å². The molecule has 1 amide bonds. The van der Waals surface area contributed by atoms with Gasteiger partial charge in [-0.25, -0.2) is 0 Å². The van der Waals surface area contributed by atoms with E-state index in [2.05, 4.69) is 15.1 Å². The summed E-state index contributed by atoms with van der Waals surface area (Å²) in [6.07, 6.45) is 6.67. The summed E-state index contributed by atoms with van der Waals surface area (Å²) in [5.74, 6) is 1.16. The number of carbonyl (C=O) groups excluding carboxylic acids is 1. The van der Waals surface area contributed by atoms with Gasteiger partial charge in [-0.2, -0.15) is 5.10 Å². The molecular formula is C16H24N4O2. The molecule has 0 N–H and O–H groups in total. The van der Waals surface area contributed by atoms with Crippen molar-refractivity contribution in [3.63, 3.8) is 0 Å². The molecule has 0 saturated carbocycles. The molecule has 2 aliphatic rings. The number of aromatic nitrogens is 2. The second kappa shape index (κ2) is 7.54. The Bertz CT molecular complexity index is 476. The van der Waals surface area contributed by atoms with Crippen molar-refractivity contribution in [2.75, 3.05) is 37.7 Å². The van der Waals surface area contributed by atoms with Gasteiger partial charge in [-0.15, -0.1) is 5.10 Å². The van der Waals surface area contributed by atoms with E-state index in [1.165, 1.54) is 0 Å². The second-order valence-electron chi connectivity index (χ2n) is 5.98. The van der Waals surface area contributed by atoms with Crippen LogP contribution in [0.1, 0.15) is 32.1 Å². The summed E-state index contributed by atoms with van der Waals surface area (Å²) < 4.78 is 5.60. The summed E-state index contributed by atoms with van der Waals surface area (Å²) in [6.45, 7) is 4.20. The Morgan fingerprint density at radius 1 is 1.27 bits per heavy atom. The second-order valence-corrected chi connectivity index (χ2v) is 5.98. The van der Waals surface area contributed by atoms with Gasteiger partial charge in [-0.05, 0) is 37.8 Å². The van der Waals surface area contributed by atoms with Crippen LogP contribution in [0.2, 0.25) is 0 Å². The molecule has 6 nitrogen and oxygen atoms in total. The smallest absolute Gasteiger partial charge is 0.222 e.